The molecule has 1 aliphatic rings. The fraction of sp³-hybridized carbons (Fsp3) is 0.360. The van der Waals surface area contributed by atoms with Gasteiger partial charge in [0.15, 0.2) is 23.1 Å². The average molecular weight is 489 g/mol. The molecule has 2 aromatic carbocycles. The molecule has 6 nitrogen and oxygen atoms in total. The molecule has 0 bridgehead atoms. The highest BCUT2D eigenvalue weighted by Gasteiger charge is 2.31. The Balaban J connectivity index is 1.62. The third-order valence-electron chi connectivity index (χ3n) is 5.77. The monoisotopic (exact) mass is 488 g/mol. The number of aliphatic hydroxyl groups excluding tert-OH is 1. The second kappa shape index (κ2) is 10.1. The summed E-state index contributed by atoms with van der Waals surface area (Å²) in [5, 5.41) is 11.6. The van der Waals surface area contributed by atoms with E-state index in [1.165, 1.54) is 31.6 Å². The van der Waals surface area contributed by atoms with E-state index >= 15 is 0 Å². The minimum atomic E-state index is -0.985. The molecule has 0 radical (unpaired) electrons. The summed E-state index contributed by atoms with van der Waals surface area (Å²) in [7, 11) is 3.05. The van der Waals surface area contributed by atoms with Crippen molar-refractivity contribution in [3.8, 4) is 21.9 Å². The van der Waals surface area contributed by atoms with Crippen LogP contribution < -0.4 is 9.47 Å². The molecule has 180 valence electrons. The molecule has 1 atom stereocenters. The van der Waals surface area contributed by atoms with Crippen LogP contribution in [-0.2, 0) is 0 Å². The average Bonchev–Trinajstić information content (AvgIpc) is 3.57. The summed E-state index contributed by atoms with van der Waals surface area (Å²) < 4.78 is 37.9. The first kappa shape index (κ1) is 24.1. The van der Waals surface area contributed by atoms with Gasteiger partial charge in [0.25, 0.3) is 5.91 Å². The van der Waals surface area contributed by atoms with Crippen LogP contribution in [0.5, 0.6) is 11.5 Å². The van der Waals surface area contributed by atoms with Crippen LogP contribution in [0.4, 0.5) is 8.78 Å². The standard InChI is InChI=1S/C25H26F2N2O4S/c1-14-28-23(24(34-14)17-6-8-18(26)19(27)10-17)25(31)29(12-15-4-5-15)13-20(30)16-7-9-21(32-2)22(11-16)33-3/h6-11,15,20,30H,4-5,12-13H2,1-3H3. The molecule has 1 unspecified atom stereocenters. The van der Waals surface area contributed by atoms with Crippen LogP contribution in [-0.4, -0.2) is 48.2 Å². The van der Waals surface area contributed by atoms with Gasteiger partial charge in [-0.25, -0.2) is 13.8 Å². The molecular formula is C25H26F2N2O4S. The lowest BCUT2D eigenvalue weighted by atomic mass is 10.1. The van der Waals surface area contributed by atoms with Gasteiger partial charge in [-0.1, -0.05) is 12.1 Å². The predicted molar refractivity (Wildman–Crippen MR) is 125 cm³/mol. The molecule has 1 amide bonds. The fourth-order valence-electron chi connectivity index (χ4n) is 3.78. The van der Waals surface area contributed by atoms with Gasteiger partial charge in [-0.2, -0.15) is 0 Å². The van der Waals surface area contributed by atoms with E-state index in [4.69, 9.17) is 9.47 Å². The van der Waals surface area contributed by atoms with Gasteiger partial charge in [0.05, 0.1) is 36.8 Å². The molecule has 0 saturated heterocycles. The summed E-state index contributed by atoms with van der Waals surface area (Å²) >= 11 is 1.25. The summed E-state index contributed by atoms with van der Waals surface area (Å²) in [6, 6.07) is 8.66. The van der Waals surface area contributed by atoms with E-state index in [-0.39, 0.29) is 18.1 Å². The Labute approximate surface area is 200 Å². The van der Waals surface area contributed by atoms with Gasteiger partial charge < -0.3 is 19.5 Å². The molecule has 1 N–H and O–H groups in total. The molecule has 4 rings (SSSR count). The van der Waals surface area contributed by atoms with Gasteiger partial charge in [-0.05, 0) is 61.1 Å². The maximum atomic E-state index is 13.9. The van der Waals surface area contributed by atoms with Crippen LogP contribution in [0.2, 0.25) is 0 Å². The van der Waals surface area contributed by atoms with Gasteiger partial charge in [0, 0.05) is 6.54 Å². The molecule has 1 fully saturated rings. The Morgan fingerprint density at radius 1 is 1.15 bits per heavy atom. The number of amides is 1. The summed E-state index contributed by atoms with van der Waals surface area (Å²) in [4.78, 5) is 20.1. The molecule has 9 heteroatoms. The lowest BCUT2D eigenvalue weighted by Crippen LogP contribution is -2.37. The first-order chi connectivity index (χ1) is 16.3. The first-order valence-electron chi connectivity index (χ1n) is 10.9. The van der Waals surface area contributed by atoms with Crippen molar-refractivity contribution in [3.05, 3.63) is 64.3 Å². The fourth-order valence-corrected chi connectivity index (χ4v) is 4.69. The molecule has 3 aromatic rings. The van der Waals surface area contributed by atoms with E-state index in [1.54, 1.807) is 30.0 Å². The van der Waals surface area contributed by atoms with Crippen molar-refractivity contribution in [1.29, 1.82) is 0 Å². The number of benzene rings is 2. The van der Waals surface area contributed by atoms with Crippen molar-refractivity contribution in [1.82, 2.24) is 9.88 Å². The number of nitrogens with zero attached hydrogens (tertiary/aromatic N) is 2. The summed E-state index contributed by atoms with van der Waals surface area (Å²) in [6.45, 7) is 2.30. The third-order valence-corrected chi connectivity index (χ3v) is 6.79. The SMILES string of the molecule is COc1ccc(C(O)CN(CC2CC2)C(=O)c2nc(C)sc2-c2ccc(F)c(F)c2)cc1OC. The number of hydrogen-bond acceptors (Lipinski definition) is 6. The highest BCUT2D eigenvalue weighted by atomic mass is 32.1. The third kappa shape index (κ3) is 5.20. The molecule has 1 aromatic heterocycles. The number of aliphatic hydroxyl groups is 1. The Kier molecular flexibility index (Phi) is 7.13. The zero-order valence-electron chi connectivity index (χ0n) is 19.2. The van der Waals surface area contributed by atoms with E-state index < -0.39 is 17.7 Å². The largest absolute Gasteiger partial charge is 0.493 e. The lowest BCUT2D eigenvalue weighted by Gasteiger charge is -2.26. The van der Waals surface area contributed by atoms with Crippen LogP contribution in [0.3, 0.4) is 0 Å². The second-order valence-electron chi connectivity index (χ2n) is 8.32. The normalized spacial score (nSPS) is 14.1. The number of rotatable bonds is 9. The molecule has 1 heterocycles. The number of carbonyl (C=O) groups is 1. The minimum absolute atomic E-state index is 0.0542. The number of methoxy groups -OCH3 is 2. The van der Waals surface area contributed by atoms with Crippen LogP contribution >= 0.6 is 11.3 Å². The van der Waals surface area contributed by atoms with Gasteiger partial charge >= 0.3 is 0 Å². The topological polar surface area (TPSA) is 71.9 Å². The molecule has 1 saturated carbocycles. The number of thiazole rings is 1. The van der Waals surface area contributed by atoms with Gasteiger partial charge in [-0.3, -0.25) is 4.79 Å². The number of halogens is 2. The molecular weight excluding hydrogens is 462 g/mol. The van der Waals surface area contributed by atoms with Crippen LogP contribution in [0.25, 0.3) is 10.4 Å². The van der Waals surface area contributed by atoms with E-state index in [0.717, 1.165) is 25.0 Å². The van der Waals surface area contributed by atoms with Crippen LogP contribution in [0.1, 0.15) is 40.0 Å². The Hall–Kier alpha value is -3.04. The number of aryl methyl sites for hydroxylation is 1. The molecule has 0 aliphatic heterocycles. The summed E-state index contributed by atoms with van der Waals surface area (Å²) in [6.07, 6.45) is 1.07. The maximum Gasteiger partial charge on any atom is 0.274 e. The Bertz CT molecular complexity index is 1200. The number of aromatic nitrogens is 1. The summed E-state index contributed by atoms with van der Waals surface area (Å²) in [5.41, 5.74) is 1.15. The minimum Gasteiger partial charge on any atom is -0.493 e. The quantitative estimate of drug-likeness (QED) is 0.459. The zero-order valence-corrected chi connectivity index (χ0v) is 20.0. The van der Waals surface area contributed by atoms with Crippen molar-refractivity contribution in [2.24, 2.45) is 5.92 Å². The smallest absolute Gasteiger partial charge is 0.274 e. The van der Waals surface area contributed by atoms with Crippen molar-refractivity contribution in [2.75, 3.05) is 27.3 Å². The van der Waals surface area contributed by atoms with Gasteiger partial charge in [0.1, 0.15) is 5.69 Å². The summed E-state index contributed by atoms with van der Waals surface area (Å²) in [5.74, 6) is -0.899. The molecule has 1 aliphatic carbocycles. The van der Waals surface area contributed by atoms with Crippen molar-refractivity contribution in [2.45, 2.75) is 25.9 Å². The van der Waals surface area contributed by atoms with Gasteiger partial charge in [-0.15, -0.1) is 11.3 Å². The van der Waals surface area contributed by atoms with Crippen LogP contribution in [0, 0.1) is 24.5 Å². The van der Waals surface area contributed by atoms with Crippen molar-refractivity contribution < 1.29 is 28.2 Å². The zero-order chi connectivity index (χ0) is 24.4. The van der Waals surface area contributed by atoms with Gasteiger partial charge in [0.2, 0.25) is 0 Å². The number of hydrogen-bond donors (Lipinski definition) is 1. The predicted octanol–water partition coefficient (Wildman–Crippen LogP) is 5.00. The van der Waals surface area contributed by atoms with E-state index in [2.05, 4.69) is 4.98 Å². The molecule has 34 heavy (non-hydrogen) atoms. The van der Waals surface area contributed by atoms with Crippen molar-refractivity contribution >= 4 is 17.2 Å². The van der Waals surface area contributed by atoms with Crippen molar-refractivity contribution in [3.63, 3.8) is 0 Å². The lowest BCUT2D eigenvalue weighted by molar-refractivity contribution is 0.0606. The van der Waals surface area contributed by atoms with E-state index in [0.29, 0.717) is 45.0 Å². The number of carbonyl (C=O) groups excluding carboxylic acids is 1. The van der Waals surface area contributed by atoms with E-state index in [9.17, 15) is 18.7 Å². The highest BCUT2D eigenvalue weighted by Crippen LogP contribution is 2.35. The number of ether oxygens (including phenoxy) is 2. The molecule has 0 spiro atoms. The first-order valence-corrected chi connectivity index (χ1v) is 11.7. The Morgan fingerprint density at radius 3 is 2.53 bits per heavy atom. The van der Waals surface area contributed by atoms with Crippen LogP contribution in [0.15, 0.2) is 36.4 Å². The Morgan fingerprint density at radius 2 is 1.88 bits per heavy atom. The second-order valence-corrected chi connectivity index (χ2v) is 9.53. The highest BCUT2D eigenvalue weighted by molar-refractivity contribution is 7.15. The van der Waals surface area contributed by atoms with E-state index in [1.807, 2.05) is 0 Å². The maximum absolute atomic E-state index is 13.9.